The maximum atomic E-state index is 14.4. The van der Waals surface area contributed by atoms with Crippen LogP contribution in [0.3, 0.4) is 0 Å². The van der Waals surface area contributed by atoms with Gasteiger partial charge in [0, 0.05) is 41.3 Å². The number of benzene rings is 3. The number of nitrogens with one attached hydrogen (secondary N) is 2. The number of thioether (sulfide) groups is 1. The van der Waals surface area contributed by atoms with E-state index in [1.807, 2.05) is 103 Å². The van der Waals surface area contributed by atoms with Crippen molar-refractivity contribution in [3.63, 3.8) is 0 Å². The number of nitrogens with zero attached hydrogens (tertiary/aromatic N) is 1. The van der Waals surface area contributed by atoms with Crippen molar-refractivity contribution in [2.75, 3.05) is 30.5 Å². The van der Waals surface area contributed by atoms with Crippen LogP contribution in [0.4, 0.5) is 5.69 Å². The molecule has 3 aromatic carbocycles. The Hall–Kier alpha value is -4.33. The maximum absolute atomic E-state index is 14.4. The molecule has 3 aromatic rings. The van der Waals surface area contributed by atoms with Crippen LogP contribution in [0.2, 0.25) is 0 Å². The molecule has 2 N–H and O–H groups in total. The van der Waals surface area contributed by atoms with Gasteiger partial charge in [0.05, 0.1) is 24.6 Å². The number of hydrogen-bond donors (Lipinski definition) is 2. The lowest BCUT2D eigenvalue weighted by Crippen LogP contribution is -2.55. The SMILES string of the molecule is COC1=CCC2=CNC=C3CSCC[N+]3(C(=O)c3ccc(NC(=O)c4ccccc4-c4ccccc4)cc3)C2=C1. The molecule has 7 heteroatoms. The number of ether oxygens (including phenoxy) is 1. The van der Waals surface area contributed by atoms with Crippen LogP contribution < -0.4 is 10.6 Å². The van der Waals surface area contributed by atoms with Crippen molar-refractivity contribution in [2.45, 2.75) is 6.42 Å². The fraction of sp³-hybridized carbons (Fsp3) is 0.152. The molecule has 200 valence electrons. The fourth-order valence-electron chi connectivity index (χ4n) is 5.54. The molecule has 2 aliphatic heterocycles. The van der Waals surface area contributed by atoms with Gasteiger partial charge in [-0.05, 0) is 47.5 Å². The summed E-state index contributed by atoms with van der Waals surface area (Å²) in [5.41, 5.74) is 6.72. The molecular weight excluding hydrogens is 518 g/mol. The second-order valence-electron chi connectivity index (χ2n) is 9.85. The molecule has 1 atom stereocenters. The molecule has 3 aliphatic rings. The van der Waals surface area contributed by atoms with Crippen molar-refractivity contribution in [1.82, 2.24) is 5.32 Å². The lowest BCUT2D eigenvalue weighted by atomic mass is 9.98. The first-order chi connectivity index (χ1) is 19.6. The minimum Gasteiger partial charge on any atom is -0.497 e. The van der Waals surface area contributed by atoms with Crippen LogP contribution in [0.5, 0.6) is 0 Å². The van der Waals surface area contributed by atoms with Gasteiger partial charge in [-0.3, -0.25) is 4.79 Å². The van der Waals surface area contributed by atoms with Crippen molar-refractivity contribution < 1.29 is 18.8 Å². The molecule has 1 saturated heterocycles. The standard InChI is InChI=1S/C33H29N3O3S/c1-39-28-16-13-25-20-34-21-27-22-40-18-17-36(27,31(25)19-28)33(38)24-11-14-26(15-12-24)35-32(37)30-10-6-5-9-29(30)23-7-3-2-4-8-23/h2-12,14-16,19-21,34H,13,17-18,22H2,1H3/p+1. The van der Waals surface area contributed by atoms with Crippen LogP contribution in [0.25, 0.3) is 11.1 Å². The normalized spacial score (nSPS) is 19.7. The van der Waals surface area contributed by atoms with Crippen LogP contribution in [0.1, 0.15) is 27.1 Å². The van der Waals surface area contributed by atoms with E-state index >= 15 is 0 Å². The average molecular weight is 549 g/mol. The number of carbonyl (C=O) groups excluding carboxylic acids is 2. The third-order valence-electron chi connectivity index (χ3n) is 7.59. The summed E-state index contributed by atoms with van der Waals surface area (Å²) in [6, 6.07) is 24.7. The highest BCUT2D eigenvalue weighted by Crippen LogP contribution is 2.42. The summed E-state index contributed by atoms with van der Waals surface area (Å²) in [5, 5.41) is 6.32. The van der Waals surface area contributed by atoms with Gasteiger partial charge >= 0.3 is 5.91 Å². The van der Waals surface area contributed by atoms with Crippen LogP contribution in [0.15, 0.2) is 126 Å². The van der Waals surface area contributed by atoms with E-state index in [2.05, 4.69) is 10.6 Å². The molecule has 2 heterocycles. The van der Waals surface area contributed by atoms with Crippen LogP contribution in [0, 0.1) is 0 Å². The number of allylic oxidation sites excluding steroid dienone is 3. The predicted octanol–water partition coefficient (Wildman–Crippen LogP) is 6.46. The average Bonchev–Trinajstić information content (AvgIpc) is 3.18. The van der Waals surface area contributed by atoms with Crippen molar-refractivity contribution in [1.29, 1.82) is 0 Å². The topological polar surface area (TPSA) is 67.4 Å². The van der Waals surface area contributed by atoms with Gasteiger partial charge < -0.3 is 15.4 Å². The number of carbonyl (C=O) groups is 2. The molecule has 6 nitrogen and oxygen atoms in total. The second kappa shape index (κ2) is 11.0. The molecule has 0 radical (unpaired) electrons. The smallest absolute Gasteiger partial charge is 0.355 e. The number of hydrogen-bond acceptors (Lipinski definition) is 5. The number of methoxy groups -OCH3 is 1. The highest BCUT2D eigenvalue weighted by atomic mass is 32.2. The quantitative estimate of drug-likeness (QED) is 0.359. The molecule has 0 saturated carbocycles. The molecule has 1 aliphatic carbocycles. The first kappa shape index (κ1) is 25.9. The van der Waals surface area contributed by atoms with E-state index in [1.165, 1.54) is 0 Å². The van der Waals surface area contributed by atoms with E-state index < -0.39 is 0 Å². The van der Waals surface area contributed by atoms with E-state index in [9.17, 15) is 9.59 Å². The Kier molecular flexibility index (Phi) is 7.15. The molecule has 6 rings (SSSR count). The minimum atomic E-state index is -0.196. The minimum absolute atomic E-state index is 0.0112. The zero-order valence-electron chi connectivity index (χ0n) is 22.2. The van der Waals surface area contributed by atoms with E-state index in [4.69, 9.17) is 4.74 Å². The summed E-state index contributed by atoms with van der Waals surface area (Å²) in [6.45, 7) is 0.659. The number of quaternary nitrogens is 1. The third-order valence-corrected chi connectivity index (χ3v) is 8.56. The van der Waals surface area contributed by atoms with E-state index in [0.717, 1.165) is 45.4 Å². The Morgan fingerprint density at radius 3 is 2.52 bits per heavy atom. The van der Waals surface area contributed by atoms with Crippen LogP contribution in [-0.2, 0) is 4.74 Å². The van der Waals surface area contributed by atoms with Gasteiger partial charge in [-0.2, -0.15) is 4.48 Å². The van der Waals surface area contributed by atoms with Crippen molar-refractivity contribution in [2.24, 2.45) is 0 Å². The van der Waals surface area contributed by atoms with Gasteiger partial charge in [-0.15, -0.1) is 11.8 Å². The highest BCUT2D eigenvalue weighted by molar-refractivity contribution is 7.99. The molecule has 2 amide bonds. The Bertz CT molecular complexity index is 1590. The molecule has 0 aromatic heterocycles. The van der Waals surface area contributed by atoms with Gasteiger partial charge in [0.15, 0.2) is 5.70 Å². The molecule has 0 spiro atoms. The Morgan fingerprint density at radius 1 is 0.950 bits per heavy atom. The van der Waals surface area contributed by atoms with E-state index in [0.29, 0.717) is 29.8 Å². The summed E-state index contributed by atoms with van der Waals surface area (Å²) in [7, 11) is 1.66. The van der Waals surface area contributed by atoms with Gasteiger partial charge in [0.1, 0.15) is 18.0 Å². The highest BCUT2D eigenvalue weighted by Gasteiger charge is 2.50. The fourth-order valence-corrected chi connectivity index (χ4v) is 6.60. The number of fused-ring (bicyclic) bond motifs is 3. The third kappa shape index (κ3) is 4.68. The number of amides is 2. The van der Waals surface area contributed by atoms with E-state index in [1.54, 1.807) is 19.2 Å². The lowest BCUT2D eigenvalue weighted by molar-refractivity contribution is -0.766. The molecule has 0 bridgehead atoms. The van der Waals surface area contributed by atoms with Gasteiger partial charge in [-0.1, -0.05) is 48.5 Å². The van der Waals surface area contributed by atoms with Gasteiger partial charge in [0.25, 0.3) is 5.91 Å². The zero-order valence-corrected chi connectivity index (χ0v) is 23.0. The van der Waals surface area contributed by atoms with Crippen molar-refractivity contribution in [3.05, 3.63) is 137 Å². The summed E-state index contributed by atoms with van der Waals surface area (Å²) in [5.74, 6) is 2.22. The van der Waals surface area contributed by atoms with Crippen LogP contribution in [-0.4, -0.2) is 41.5 Å². The first-order valence-corrected chi connectivity index (χ1v) is 14.4. The number of anilines is 1. The zero-order chi connectivity index (χ0) is 27.5. The van der Waals surface area contributed by atoms with Crippen LogP contribution >= 0.6 is 11.8 Å². The van der Waals surface area contributed by atoms with Gasteiger partial charge in [0.2, 0.25) is 0 Å². The lowest BCUT2D eigenvalue weighted by Gasteiger charge is -2.41. The molecule has 40 heavy (non-hydrogen) atoms. The monoisotopic (exact) mass is 548 g/mol. The first-order valence-electron chi connectivity index (χ1n) is 13.3. The Labute approximate surface area is 238 Å². The second-order valence-corrected chi connectivity index (χ2v) is 11.0. The summed E-state index contributed by atoms with van der Waals surface area (Å²) in [6.07, 6.45) is 8.70. The largest absolute Gasteiger partial charge is 0.497 e. The van der Waals surface area contributed by atoms with Crippen molar-refractivity contribution >= 4 is 29.3 Å². The van der Waals surface area contributed by atoms with E-state index in [-0.39, 0.29) is 16.3 Å². The molecule has 1 fully saturated rings. The maximum Gasteiger partial charge on any atom is 0.355 e. The number of rotatable bonds is 5. The Balaban J connectivity index is 1.29. The summed E-state index contributed by atoms with van der Waals surface area (Å²) in [4.78, 5) is 27.7. The van der Waals surface area contributed by atoms with Gasteiger partial charge in [-0.25, -0.2) is 4.79 Å². The molecule has 1 unspecified atom stereocenters. The van der Waals surface area contributed by atoms with Crippen molar-refractivity contribution in [3.8, 4) is 11.1 Å². The summed E-state index contributed by atoms with van der Waals surface area (Å²) >= 11 is 1.83. The predicted molar refractivity (Wildman–Crippen MR) is 160 cm³/mol. The summed E-state index contributed by atoms with van der Waals surface area (Å²) < 4.78 is 5.71. The molecular formula is C33H30N3O3S+. The Morgan fingerprint density at radius 2 is 1.73 bits per heavy atom.